The highest BCUT2D eigenvalue weighted by molar-refractivity contribution is 5.24. The Balaban J connectivity index is 3.28. The van der Waals surface area contributed by atoms with Crippen LogP contribution in [0.15, 0.2) is 18.2 Å². The number of nitrogens with zero attached hydrogens (tertiary/aromatic N) is 1. The van der Waals surface area contributed by atoms with Gasteiger partial charge in [0.05, 0.1) is 0 Å². The summed E-state index contributed by atoms with van der Waals surface area (Å²) in [6.45, 7) is 4.29. The van der Waals surface area contributed by atoms with Gasteiger partial charge >= 0.3 is 0 Å². The number of halogens is 2. The number of nitrogens with two attached hydrogens (primary N) is 1. The van der Waals surface area contributed by atoms with E-state index >= 15 is 0 Å². The lowest BCUT2D eigenvalue weighted by atomic mass is 9.79. The zero-order valence-electron chi connectivity index (χ0n) is 10.8. The summed E-state index contributed by atoms with van der Waals surface area (Å²) >= 11 is 0. The molecule has 96 valence electrons. The first-order valence-corrected chi connectivity index (χ1v) is 5.61. The molecule has 0 saturated heterocycles. The third kappa shape index (κ3) is 3.01. The predicted molar refractivity (Wildman–Crippen MR) is 65.6 cm³/mol. The fourth-order valence-corrected chi connectivity index (χ4v) is 2.23. The fraction of sp³-hybridized carbons (Fsp3) is 0.538. The Morgan fingerprint density at radius 3 is 2.35 bits per heavy atom. The maximum absolute atomic E-state index is 13.8. The van der Waals surface area contributed by atoms with Crippen LogP contribution in [0.3, 0.4) is 0 Å². The Kier molecular flexibility index (Phi) is 4.22. The highest BCUT2D eigenvalue weighted by Gasteiger charge is 2.33. The maximum atomic E-state index is 13.8. The first-order chi connectivity index (χ1) is 7.79. The SMILES string of the molecule is CN(C)C(c1cc(F)ccc1F)C(C)(C)CN. The molecule has 0 saturated carbocycles. The molecule has 0 fully saturated rings. The molecule has 1 rings (SSSR count). The molecule has 1 aromatic rings. The van der Waals surface area contributed by atoms with Crippen molar-refractivity contribution in [3.8, 4) is 0 Å². The summed E-state index contributed by atoms with van der Waals surface area (Å²) in [5.74, 6) is -0.826. The summed E-state index contributed by atoms with van der Waals surface area (Å²) in [4.78, 5) is 1.87. The van der Waals surface area contributed by atoms with Gasteiger partial charge in [0.2, 0.25) is 0 Å². The molecule has 0 amide bonds. The lowest BCUT2D eigenvalue weighted by Gasteiger charge is -2.38. The summed E-state index contributed by atoms with van der Waals surface area (Å²) in [7, 11) is 3.68. The quantitative estimate of drug-likeness (QED) is 0.879. The standard InChI is InChI=1S/C13H20F2N2/c1-13(2,8-16)12(17(3)4)10-7-9(14)5-6-11(10)15/h5-7,12H,8,16H2,1-4H3. The van der Waals surface area contributed by atoms with Gasteiger partial charge in [-0.1, -0.05) is 13.8 Å². The third-order valence-electron chi connectivity index (χ3n) is 3.04. The Morgan fingerprint density at radius 2 is 1.88 bits per heavy atom. The van der Waals surface area contributed by atoms with Gasteiger partial charge in [-0.2, -0.15) is 0 Å². The summed E-state index contributed by atoms with van der Waals surface area (Å²) in [5, 5.41) is 0. The Bertz CT molecular complexity index is 389. The van der Waals surface area contributed by atoms with Crippen LogP contribution in [-0.2, 0) is 0 Å². The van der Waals surface area contributed by atoms with Gasteiger partial charge in [-0.05, 0) is 44.3 Å². The molecule has 0 heterocycles. The molecule has 1 atom stereocenters. The van der Waals surface area contributed by atoms with Crippen LogP contribution in [0.4, 0.5) is 8.78 Å². The largest absolute Gasteiger partial charge is 0.330 e. The zero-order chi connectivity index (χ0) is 13.2. The molecule has 0 bridgehead atoms. The van der Waals surface area contributed by atoms with Gasteiger partial charge in [-0.3, -0.25) is 0 Å². The first-order valence-electron chi connectivity index (χ1n) is 5.61. The Labute approximate surface area is 101 Å². The number of benzene rings is 1. The second kappa shape index (κ2) is 5.10. The zero-order valence-corrected chi connectivity index (χ0v) is 10.8. The Morgan fingerprint density at radius 1 is 1.29 bits per heavy atom. The van der Waals surface area contributed by atoms with Gasteiger partial charge in [-0.25, -0.2) is 8.78 Å². The topological polar surface area (TPSA) is 29.3 Å². The van der Waals surface area contributed by atoms with E-state index in [2.05, 4.69) is 0 Å². The second-order valence-corrected chi connectivity index (χ2v) is 5.22. The van der Waals surface area contributed by atoms with Gasteiger partial charge in [0.25, 0.3) is 0 Å². The van der Waals surface area contributed by atoms with Crippen molar-refractivity contribution in [2.75, 3.05) is 20.6 Å². The summed E-state index contributed by atoms with van der Waals surface area (Å²) in [6, 6.07) is 3.27. The van der Waals surface area contributed by atoms with Crippen molar-refractivity contribution in [3.63, 3.8) is 0 Å². The molecular weight excluding hydrogens is 222 g/mol. The minimum atomic E-state index is -0.430. The molecule has 2 N–H and O–H groups in total. The molecular formula is C13H20F2N2. The molecule has 1 unspecified atom stereocenters. The average molecular weight is 242 g/mol. The van der Waals surface area contributed by atoms with E-state index in [-0.39, 0.29) is 11.5 Å². The molecule has 0 aliphatic rings. The van der Waals surface area contributed by atoms with E-state index in [0.29, 0.717) is 12.1 Å². The van der Waals surface area contributed by atoms with Gasteiger partial charge in [0.15, 0.2) is 0 Å². The van der Waals surface area contributed by atoms with E-state index in [1.165, 1.54) is 6.07 Å². The molecule has 1 aromatic carbocycles. The van der Waals surface area contributed by atoms with E-state index in [1.807, 2.05) is 32.8 Å². The lowest BCUT2D eigenvalue weighted by molar-refractivity contribution is 0.139. The van der Waals surface area contributed by atoms with Crippen LogP contribution < -0.4 is 5.73 Å². The van der Waals surface area contributed by atoms with Gasteiger partial charge in [0, 0.05) is 11.6 Å². The first kappa shape index (κ1) is 14.1. The van der Waals surface area contributed by atoms with Gasteiger partial charge in [-0.15, -0.1) is 0 Å². The smallest absolute Gasteiger partial charge is 0.128 e. The molecule has 0 radical (unpaired) electrons. The molecule has 2 nitrogen and oxygen atoms in total. The van der Waals surface area contributed by atoms with E-state index < -0.39 is 11.6 Å². The highest BCUT2D eigenvalue weighted by Crippen LogP contribution is 2.37. The third-order valence-corrected chi connectivity index (χ3v) is 3.04. The summed E-state index contributed by atoms with van der Waals surface area (Å²) in [6.07, 6.45) is 0. The molecule has 0 aliphatic carbocycles. The van der Waals surface area contributed by atoms with Crippen molar-refractivity contribution >= 4 is 0 Å². The van der Waals surface area contributed by atoms with E-state index in [4.69, 9.17) is 5.73 Å². The molecule has 0 spiro atoms. The van der Waals surface area contributed by atoms with Crippen LogP contribution in [0.2, 0.25) is 0 Å². The number of rotatable bonds is 4. The van der Waals surface area contributed by atoms with Crippen LogP contribution in [0.5, 0.6) is 0 Å². The van der Waals surface area contributed by atoms with Gasteiger partial charge < -0.3 is 10.6 Å². The molecule has 0 aromatic heterocycles. The van der Waals surface area contributed by atoms with Crippen LogP contribution in [0, 0.1) is 17.0 Å². The van der Waals surface area contributed by atoms with Crippen molar-refractivity contribution in [2.24, 2.45) is 11.1 Å². The second-order valence-electron chi connectivity index (χ2n) is 5.22. The number of hydrogen-bond donors (Lipinski definition) is 1. The lowest BCUT2D eigenvalue weighted by Crippen LogP contribution is -2.39. The van der Waals surface area contributed by atoms with E-state index in [1.54, 1.807) is 0 Å². The van der Waals surface area contributed by atoms with E-state index in [0.717, 1.165) is 12.1 Å². The average Bonchev–Trinajstić information content (AvgIpc) is 2.22. The van der Waals surface area contributed by atoms with Crippen molar-refractivity contribution in [2.45, 2.75) is 19.9 Å². The van der Waals surface area contributed by atoms with E-state index in [9.17, 15) is 8.78 Å². The highest BCUT2D eigenvalue weighted by atomic mass is 19.1. The monoisotopic (exact) mass is 242 g/mol. The predicted octanol–water partition coefficient (Wildman–Crippen LogP) is 2.55. The molecule has 0 aliphatic heterocycles. The van der Waals surface area contributed by atoms with Gasteiger partial charge in [0.1, 0.15) is 11.6 Å². The molecule has 4 heteroatoms. The maximum Gasteiger partial charge on any atom is 0.128 e. The van der Waals surface area contributed by atoms with Crippen molar-refractivity contribution < 1.29 is 8.78 Å². The fourth-order valence-electron chi connectivity index (χ4n) is 2.23. The minimum absolute atomic E-state index is 0.261. The normalized spacial score (nSPS) is 14.1. The van der Waals surface area contributed by atoms with Crippen LogP contribution in [0.1, 0.15) is 25.5 Å². The summed E-state index contributed by atoms with van der Waals surface area (Å²) in [5.41, 5.74) is 5.74. The van der Waals surface area contributed by atoms with Crippen LogP contribution in [0.25, 0.3) is 0 Å². The Hall–Kier alpha value is -1.00. The van der Waals surface area contributed by atoms with Crippen molar-refractivity contribution in [1.82, 2.24) is 4.90 Å². The van der Waals surface area contributed by atoms with Crippen molar-refractivity contribution in [1.29, 1.82) is 0 Å². The van der Waals surface area contributed by atoms with Crippen LogP contribution >= 0.6 is 0 Å². The van der Waals surface area contributed by atoms with Crippen molar-refractivity contribution in [3.05, 3.63) is 35.4 Å². The minimum Gasteiger partial charge on any atom is -0.330 e. The molecule has 17 heavy (non-hydrogen) atoms. The summed E-state index contributed by atoms with van der Waals surface area (Å²) < 4.78 is 27.1. The van der Waals surface area contributed by atoms with Crippen LogP contribution in [-0.4, -0.2) is 25.5 Å². The number of hydrogen-bond acceptors (Lipinski definition) is 2.